The van der Waals surface area contributed by atoms with Gasteiger partial charge in [-0.05, 0) is 17.7 Å². The Labute approximate surface area is 94.0 Å². The van der Waals surface area contributed by atoms with Crippen LogP contribution in [0.2, 0.25) is 0 Å². The number of hydrogen-bond donors (Lipinski definition) is 0. The molecule has 14 heavy (non-hydrogen) atoms. The zero-order chi connectivity index (χ0) is 10.1. The van der Waals surface area contributed by atoms with Gasteiger partial charge in [-0.3, -0.25) is 4.79 Å². The van der Waals surface area contributed by atoms with Gasteiger partial charge in [0.2, 0.25) is 0 Å². The van der Waals surface area contributed by atoms with E-state index in [-0.39, 0.29) is 4.87 Å². The summed E-state index contributed by atoms with van der Waals surface area (Å²) in [5.41, 5.74) is 2.03. The topological polar surface area (TPSA) is 22.0 Å². The second-order valence-corrected chi connectivity index (χ2v) is 4.69. The Bertz CT molecular complexity index is 498. The highest BCUT2D eigenvalue weighted by Gasteiger charge is 2.04. The maximum atomic E-state index is 11.3. The fraction of sp³-hybridized carbons (Fsp3) is 0.100. The first-order chi connectivity index (χ1) is 6.68. The molecule has 0 spiro atoms. The third-order valence-corrected chi connectivity index (χ3v) is 3.39. The van der Waals surface area contributed by atoms with Gasteiger partial charge in [-0.2, -0.15) is 0 Å². The Hall–Kier alpha value is -0.870. The molecule has 0 bridgehead atoms. The largest absolute Gasteiger partial charge is 0.307 e. The molecule has 0 aliphatic rings. The van der Waals surface area contributed by atoms with E-state index < -0.39 is 0 Å². The minimum Gasteiger partial charge on any atom is -0.302 e. The molecule has 0 N–H and O–H groups in total. The molecule has 0 radical (unpaired) electrons. The van der Waals surface area contributed by atoms with E-state index in [1.165, 1.54) is 11.3 Å². The van der Waals surface area contributed by atoms with E-state index in [2.05, 4.69) is 15.9 Å². The third kappa shape index (κ3) is 1.67. The van der Waals surface area contributed by atoms with Gasteiger partial charge in [0.1, 0.15) is 0 Å². The van der Waals surface area contributed by atoms with Crippen molar-refractivity contribution in [3.05, 3.63) is 43.8 Å². The summed E-state index contributed by atoms with van der Waals surface area (Å²) in [6.45, 7) is 0. The van der Waals surface area contributed by atoms with E-state index in [9.17, 15) is 4.79 Å². The van der Waals surface area contributed by atoms with Crippen LogP contribution in [0, 0.1) is 0 Å². The standard InChI is InChI=1S/C10H8BrNOS/c1-12-9(6-14-10(12)13)7-2-4-8(11)5-3-7/h2-6H,1H3. The van der Waals surface area contributed by atoms with Crippen LogP contribution in [0.15, 0.2) is 38.9 Å². The maximum Gasteiger partial charge on any atom is 0.307 e. The fourth-order valence-corrected chi connectivity index (χ4v) is 2.27. The Balaban J connectivity index is 2.55. The lowest BCUT2D eigenvalue weighted by Crippen LogP contribution is -2.08. The first kappa shape index (κ1) is 9.68. The van der Waals surface area contributed by atoms with Crippen LogP contribution < -0.4 is 4.87 Å². The zero-order valence-electron chi connectivity index (χ0n) is 7.53. The van der Waals surface area contributed by atoms with Gasteiger partial charge in [-0.25, -0.2) is 0 Å². The normalized spacial score (nSPS) is 10.4. The molecule has 0 aliphatic heterocycles. The third-order valence-electron chi connectivity index (χ3n) is 2.05. The molecule has 0 amide bonds. The predicted molar refractivity (Wildman–Crippen MR) is 62.7 cm³/mol. The van der Waals surface area contributed by atoms with Gasteiger partial charge in [0.25, 0.3) is 0 Å². The lowest BCUT2D eigenvalue weighted by Gasteiger charge is -2.01. The summed E-state index contributed by atoms with van der Waals surface area (Å²) in [5.74, 6) is 0. The monoisotopic (exact) mass is 269 g/mol. The van der Waals surface area contributed by atoms with E-state index in [1.807, 2.05) is 29.6 Å². The fourth-order valence-electron chi connectivity index (χ4n) is 1.25. The lowest BCUT2D eigenvalue weighted by molar-refractivity contribution is 0.906. The summed E-state index contributed by atoms with van der Waals surface area (Å²) in [4.78, 5) is 11.3. The van der Waals surface area contributed by atoms with Crippen molar-refractivity contribution in [3.8, 4) is 11.3 Å². The smallest absolute Gasteiger partial charge is 0.302 e. The Kier molecular flexibility index (Phi) is 2.56. The molecule has 2 nitrogen and oxygen atoms in total. The second kappa shape index (κ2) is 3.71. The minimum atomic E-state index is 0.0721. The molecule has 2 aromatic rings. The van der Waals surface area contributed by atoms with Gasteiger partial charge in [0.05, 0.1) is 5.69 Å². The van der Waals surface area contributed by atoms with Crippen molar-refractivity contribution < 1.29 is 0 Å². The van der Waals surface area contributed by atoms with Gasteiger partial charge < -0.3 is 4.57 Å². The molecule has 0 fully saturated rings. The highest BCUT2D eigenvalue weighted by atomic mass is 79.9. The predicted octanol–water partition coefficient (Wildman–Crippen LogP) is 2.88. The number of hydrogen-bond acceptors (Lipinski definition) is 2. The second-order valence-electron chi connectivity index (χ2n) is 2.95. The molecule has 0 saturated carbocycles. The van der Waals surface area contributed by atoms with Gasteiger partial charge in [0.15, 0.2) is 0 Å². The van der Waals surface area contributed by atoms with Crippen molar-refractivity contribution in [1.82, 2.24) is 4.57 Å². The van der Waals surface area contributed by atoms with Crippen LogP contribution in [0.3, 0.4) is 0 Å². The van der Waals surface area contributed by atoms with E-state index in [4.69, 9.17) is 0 Å². The van der Waals surface area contributed by atoms with Gasteiger partial charge >= 0.3 is 4.87 Å². The van der Waals surface area contributed by atoms with Crippen molar-refractivity contribution in [1.29, 1.82) is 0 Å². The molecule has 0 unspecified atom stereocenters. The molecule has 0 saturated heterocycles. The number of aromatic nitrogens is 1. The van der Waals surface area contributed by atoms with Crippen molar-refractivity contribution in [2.45, 2.75) is 0 Å². The highest BCUT2D eigenvalue weighted by Crippen LogP contribution is 2.21. The summed E-state index contributed by atoms with van der Waals surface area (Å²) in [5, 5.41) is 1.88. The molecule has 1 aromatic carbocycles. The quantitative estimate of drug-likeness (QED) is 0.781. The molecular weight excluding hydrogens is 262 g/mol. The van der Waals surface area contributed by atoms with E-state index in [0.717, 1.165) is 15.7 Å². The number of rotatable bonds is 1. The van der Waals surface area contributed by atoms with Crippen LogP contribution in [0.25, 0.3) is 11.3 Å². The van der Waals surface area contributed by atoms with Crippen molar-refractivity contribution in [3.63, 3.8) is 0 Å². The van der Waals surface area contributed by atoms with Crippen LogP contribution in [0.4, 0.5) is 0 Å². The Morgan fingerprint density at radius 2 is 1.93 bits per heavy atom. The van der Waals surface area contributed by atoms with Crippen molar-refractivity contribution in [2.75, 3.05) is 0 Å². The van der Waals surface area contributed by atoms with Crippen LogP contribution >= 0.6 is 27.3 Å². The van der Waals surface area contributed by atoms with Crippen LogP contribution in [-0.4, -0.2) is 4.57 Å². The molecule has 72 valence electrons. The highest BCUT2D eigenvalue weighted by molar-refractivity contribution is 9.10. The first-order valence-corrected chi connectivity index (χ1v) is 5.76. The van der Waals surface area contributed by atoms with Gasteiger partial charge in [-0.1, -0.05) is 39.4 Å². The van der Waals surface area contributed by atoms with Crippen molar-refractivity contribution in [2.24, 2.45) is 7.05 Å². The number of halogens is 1. The summed E-state index contributed by atoms with van der Waals surface area (Å²) >= 11 is 4.60. The minimum absolute atomic E-state index is 0.0721. The molecule has 0 atom stereocenters. The Morgan fingerprint density at radius 1 is 1.29 bits per heavy atom. The van der Waals surface area contributed by atoms with Crippen LogP contribution in [-0.2, 0) is 7.05 Å². The van der Waals surface area contributed by atoms with Gasteiger partial charge in [0, 0.05) is 16.9 Å². The zero-order valence-corrected chi connectivity index (χ0v) is 9.93. The first-order valence-electron chi connectivity index (χ1n) is 4.09. The number of benzene rings is 1. The van der Waals surface area contributed by atoms with Gasteiger partial charge in [-0.15, -0.1) is 0 Å². The summed E-state index contributed by atoms with van der Waals surface area (Å²) in [7, 11) is 1.79. The number of thiazole rings is 1. The lowest BCUT2D eigenvalue weighted by atomic mass is 10.2. The van der Waals surface area contributed by atoms with Crippen LogP contribution in [0.5, 0.6) is 0 Å². The SMILES string of the molecule is Cn1c(-c2ccc(Br)cc2)csc1=O. The van der Waals surface area contributed by atoms with Crippen LogP contribution in [0.1, 0.15) is 0 Å². The summed E-state index contributed by atoms with van der Waals surface area (Å²) in [6, 6.07) is 7.92. The molecule has 4 heteroatoms. The van der Waals surface area contributed by atoms with E-state index in [0.29, 0.717) is 0 Å². The maximum absolute atomic E-state index is 11.3. The number of nitrogens with zero attached hydrogens (tertiary/aromatic N) is 1. The molecular formula is C10H8BrNOS. The molecule has 1 aromatic heterocycles. The van der Waals surface area contributed by atoms with E-state index in [1.54, 1.807) is 11.6 Å². The molecule has 1 heterocycles. The van der Waals surface area contributed by atoms with E-state index >= 15 is 0 Å². The average Bonchev–Trinajstić information content (AvgIpc) is 2.50. The average molecular weight is 270 g/mol. The summed E-state index contributed by atoms with van der Waals surface area (Å²) in [6.07, 6.45) is 0. The van der Waals surface area contributed by atoms with Crippen molar-refractivity contribution >= 4 is 27.3 Å². The Morgan fingerprint density at radius 3 is 2.43 bits per heavy atom. The molecule has 0 aliphatic carbocycles. The molecule has 2 rings (SSSR count). The summed E-state index contributed by atoms with van der Waals surface area (Å²) < 4.78 is 2.70.